The Bertz CT molecular complexity index is 964. The van der Waals surface area contributed by atoms with Gasteiger partial charge in [0.2, 0.25) is 0 Å². The van der Waals surface area contributed by atoms with Crippen molar-refractivity contribution in [3.8, 4) is 0 Å². The minimum Gasteiger partial charge on any atom is -0.355 e. The number of ketones is 2. The summed E-state index contributed by atoms with van der Waals surface area (Å²) >= 11 is 0. The maximum absolute atomic E-state index is 13.1. The Morgan fingerprint density at radius 2 is 1.13 bits per heavy atom. The van der Waals surface area contributed by atoms with Crippen LogP contribution in [0.25, 0.3) is 21.8 Å². The number of Topliss-reactive ketones (excluding diaryl/α,β-unsaturated/α-hetero) is 2. The molecule has 1 N–H and O–H groups in total. The first kappa shape index (κ1) is 23.2. The Morgan fingerprint density at radius 3 is 1.48 bits per heavy atom. The first-order valence-corrected chi connectivity index (χ1v) is 12.2. The summed E-state index contributed by atoms with van der Waals surface area (Å²) in [6, 6.07) is 11.9. The van der Waals surface area contributed by atoms with E-state index in [2.05, 4.69) is 32.7 Å². The molecule has 3 aromatic rings. The van der Waals surface area contributed by atoms with Crippen LogP contribution in [-0.2, 0) is 0 Å². The summed E-state index contributed by atoms with van der Waals surface area (Å²) in [7, 11) is 0. The summed E-state index contributed by atoms with van der Waals surface area (Å²) in [5.41, 5.74) is 3.58. The minimum atomic E-state index is 0.0867. The highest BCUT2D eigenvalue weighted by Gasteiger charge is 2.21. The molecule has 166 valence electrons. The molecule has 1 heterocycles. The molecule has 0 aliphatic heterocycles. The van der Waals surface area contributed by atoms with Gasteiger partial charge in [-0.05, 0) is 62.1 Å². The number of nitrogens with one attached hydrogen (secondary N) is 1. The molecule has 0 aliphatic rings. The zero-order chi connectivity index (χ0) is 22.4. The van der Waals surface area contributed by atoms with E-state index in [1.807, 2.05) is 36.4 Å². The van der Waals surface area contributed by atoms with E-state index < -0.39 is 0 Å². The number of hydrogen-bond donors (Lipinski definition) is 1. The lowest BCUT2D eigenvalue weighted by Gasteiger charge is -2.14. The summed E-state index contributed by atoms with van der Waals surface area (Å²) in [4.78, 5) is 29.7. The van der Waals surface area contributed by atoms with Crippen molar-refractivity contribution in [3.63, 3.8) is 0 Å². The van der Waals surface area contributed by atoms with Gasteiger partial charge in [-0.2, -0.15) is 0 Å². The number of aromatic amines is 1. The van der Waals surface area contributed by atoms with Crippen LogP contribution in [0.1, 0.15) is 99.8 Å². The average Bonchev–Trinajstić information content (AvgIpc) is 3.16. The second-order valence-electron chi connectivity index (χ2n) is 8.87. The van der Waals surface area contributed by atoms with Crippen molar-refractivity contribution in [2.24, 2.45) is 11.8 Å². The van der Waals surface area contributed by atoms with Crippen molar-refractivity contribution in [3.05, 3.63) is 47.5 Å². The van der Waals surface area contributed by atoms with Gasteiger partial charge in [0.05, 0.1) is 0 Å². The molecule has 3 rings (SSSR count). The molecular weight excluding hydrogens is 382 g/mol. The Hall–Kier alpha value is -2.42. The van der Waals surface area contributed by atoms with Crippen LogP contribution in [0.4, 0.5) is 0 Å². The van der Waals surface area contributed by atoms with Crippen LogP contribution >= 0.6 is 0 Å². The number of rotatable bonds is 12. The van der Waals surface area contributed by atoms with Crippen LogP contribution in [-0.4, -0.2) is 16.6 Å². The second-order valence-corrected chi connectivity index (χ2v) is 8.87. The van der Waals surface area contributed by atoms with Crippen molar-refractivity contribution in [2.75, 3.05) is 0 Å². The van der Waals surface area contributed by atoms with E-state index in [0.717, 1.165) is 84.3 Å². The van der Waals surface area contributed by atoms with Gasteiger partial charge in [-0.25, -0.2) is 0 Å². The largest absolute Gasteiger partial charge is 0.355 e. The Labute approximate surface area is 186 Å². The lowest BCUT2D eigenvalue weighted by molar-refractivity contribution is 0.0900. The van der Waals surface area contributed by atoms with Crippen molar-refractivity contribution in [1.82, 2.24) is 4.98 Å². The van der Waals surface area contributed by atoms with Gasteiger partial charge in [-0.3, -0.25) is 9.59 Å². The fraction of sp³-hybridized carbons (Fsp3) is 0.500. The third-order valence-electron chi connectivity index (χ3n) is 6.71. The van der Waals surface area contributed by atoms with Crippen LogP contribution in [0.2, 0.25) is 0 Å². The number of carbonyl (C=O) groups excluding carboxylic acids is 2. The summed E-state index contributed by atoms with van der Waals surface area (Å²) < 4.78 is 0. The molecule has 0 fully saturated rings. The highest BCUT2D eigenvalue weighted by molar-refractivity contribution is 6.12. The molecule has 3 nitrogen and oxygen atoms in total. The van der Waals surface area contributed by atoms with Gasteiger partial charge in [0.25, 0.3) is 0 Å². The average molecular weight is 420 g/mol. The quantitative estimate of drug-likeness (QED) is 0.301. The van der Waals surface area contributed by atoms with Crippen LogP contribution < -0.4 is 0 Å². The van der Waals surface area contributed by atoms with Gasteiger partial charge in [0.15, 0.2) is 11.6 Å². The second kappa shape index (κ2) is 10.7. The maximum Gasteiger partial charge on any atom is 0.165 e. The molecule has 0 saturated heterocycles. The number of aromatic nitrogens is 1. The molecule has 2 atom stereocenters. The number of fused-ring (bicyclic) bond motifs is 3. The number of hydrogen-bond acceptors (Lipinski definition) is 2. The highest BCUT2D eigenvalue weighted by atomic mass is 16.1. The molecule has 0 spiro atoms. The molecule has 0 saturated carbocycles. The lowest BCUT2D eigenvalue weighted by Crippen LogP contribution is -2.14. The first-order chi connectivity index (χ1) is 15.0. The van der Waals surface area contributed by atoms with Crippen molar-refractivity contribution >= 4 is 33.4 Å². The van der Waals surface area contributed by atoms with Gasteiger partial charge in [0.1, 0.15) is 0 Å². The van der Waals surface area contributed by atoms with E-state index in [-0.39, 0.29) is 23.4 Å². The topological polar surface area (TPSA) is 49.9 Å². The van der Waals surface area contributed by atoms with Gasteiger partial charge < -0.3 is 4.98 Å². The molecule has 0 radical (unpaired) electrons. The van der Waals surface area contributed by atoms with Crippen molar-refractivity contribution in [2.45, 2.75) is 79.1 Å². The van der Waals surface area contributed by atoms with Crippen molar-refractivity contribution in [1.29, 1.82) is 0 Å². The SMILES string of the molecule is CCCCC(CC)C(=O)c1ccc2[nH]c3ccc(C(=O)C(CC)CCCC)cc3c2c1. The molecular formula is C28H37NO2. The number of H-pyrrole nitrogens is 1. The molecule has 0 bridgehead atoms. The predicted octanol–water partition coefficient (Wildman–Crippen LogP) is 8.12. The normalized spacial score (nSPS) is 13.5. The highest BCUT2D eigenvalue weighted by Crippen LogP contribution is 2.30. The van der Waals surface area contributed by atoms with E-state index in [1.54, 1.807) is 0 Å². The van der Waals surface area contributed by atoms with E-state index in [4.69, 9.17) is 0 Å². The zero-order valence-corrected chi connectivity index (χ0v) is 19.6. The minimum absolute atomic E-state index is 0.0867. The van der Waals surface area contributed by atoms with Crippen LogP contribution in [0.15, 0.2) is 36.4 Å². The third kappa shape index (κ3) is 5.08. The fourth-order valence-corrected chi connectivity index (χ4v) is 4.62. The molecule has 1 aromatic heterocycles. The number of benzene rings is 2. The third-order valence-corrected chi connectivity index (χ3v) is 6.71. The lowest BCUT2D eigenvalue weighted by atomic mass is 9.89. The smallest absolute Gasteiger partial charge is 0.165 e. The van der Waals surface area contributed by atoms with E-state index in [1.165, 1.54) is 0 Å². The number of carbonyl (C=O) groups is 2. The molecule has 2 aromatic carbocycles. The van der Waals surface area contributed by atoms with Crippen LogP contribution in [0.3, 0.4) is 0 Å². The van der Waals surface area contributed by atoms with Gasteiger partial charge >= 0.3 is 0 Å². The van der Waals surface area contributed by atoms with Crippen molar-refractivity contribution < 1.29 is 9.59 Å². The van der Waals surface area contributed by atoms with E-state index in [9.17, 15) is 9.59 Å². The molecule has 2 unspecified atom stereocenters. The molecule has 0 aliphatic carbocycles. The molecule has 3 heteroatoms. The fourth-order valence-electron chi connectivity index (χ4n) is 4.62. The van der Waals surface area contributed by atoms with E-state index >= 15 is 0 Å². The predicted molar refractivity (Wildman–Crippen MR) is 131 cm³/mol. The first-order valence-electron chi connectivity index (χ1n) is 12.2. The van der Waals surface area contributed by atoms with Gasteiger partial charge in [0, 0.05) is 44.8 Å². The summed E-state index contributed by atoms with van der Waals surface area (Å²) in [5, 5.41) is 2.06. The Kier molecular flexibility index (Phi) is 8.06. The summed E-state index contributed by atoms with van der Waals surface area (Å²) in [6.07, 6.45) is 8.04. The maximum atomic E-state index is 13.1. The van der Waals surface area contributed by atoms with Gasteiger partial charge in [-0.1, -0.05) is 53.4 Å². The molecule has 0 amide bonds. The van der Waals surface area contributed by atoms with Crippen LogP contribution in [0, 0.1) is 11.8 Å². The number of unbranched alkanes of at least 4 members (excludes halogenated alkanes) is 2. The Morgan fingerprint density at radius 1 is 0.710 bits per heavy atom. The zero-order valence-electron chi connectivity index (χ0n) is 19.6. The Balaban J connectivity index is 1.97. The standard InChI is InChI=1S/C28H37NO2/c1-5-9-11-19(7-3)27(30)21-13-15-25-23(17-21)24-18-22(14-16-26(24)29-25)28(31)20(8-4)12-10-6-2/h13-20,29H,5-12H2,1-4H3. The summed E-state index contributed by atoms with van der Waals surface area (Å²) in [5.74, 6) is 0.655. The van der Waals surface area contributed by atoms with E-state index in [0.29, 0.717) is 0 Å². The van der Waals surface area contributed by atoms with Crippen LogP contribution in [0.5, 0.6) is 0 Å². The molecule has 31 heavy (non-hydrogen) atoms. The summed E-state index contributed by atoms with van der Waals surface area (Å²) in [6.45, 7) is 8.53. The monoisotopic (exact) mass is 419 g/mol. The van der Waals surface area contributed by atoms with Gasteiger partial charge in [-0.15, -0.1) is 0 Å².